The van der Waals surface area contributed by atoms with E-state index in [0.717, 1.165) is 18.5 Å². The van der Waals surface area contributed by atoms with Crippen molar-refractivity contribution in [2.24, 2.45) is 5.92 Å². The largest absolute Gasteiger partial charge is 0.342 e. The number of hydrogen-bond donors (Lipinski definition) is 0. The molecule has 90 valence electrons. The molecule has 2 rings (SSSR count). The Hall–Kier alpha value is -1.64. The van der Waals surface area contributed by atoms with Crippen molar-refractivity contribution >= 4 is 5.91 Å². The average molecular weight is 233 g/mol. The first-order chi connectivity index (χ1) is 8.19. The number of nitrogens with zero attached hydrogens (tertiary/aromatic N) is 1. The monoisotopic (exact) mass is 233 g/mol. The molecule has 17 heavy (non-hydrogen) atoms. The highest BCUT2D eigenvalue weighted by Crippen LogP contribution is 2.18. The van der Waals surface area contributed by atoms with Crippen LogP contribution in [0.3, 0.4) is 0 Å². The van der Waals surface area contributed by atoms with Crippen LogP contribution < -0.4 is 0 Å². The highest BCUT2D eigenvalue weighted by atomic mass is 19.1. The number of carbonyl (C=O) groups excluding carboxylic acids is 1. The smallest absolute Gasteiger partial charge is 0.223 e. The molecule has 1 aliphatic rings. The van der Waals surface area contributed by atoms with Crippen LogP contribution in [0.4, 0.5) is 4.39 Å². The molecule has 1 heterocycles. The third-order valence-electron chi connectivity index (χ3n) is 3.16. The fourth-order valence-electron chi connectivity index (χ4n) is 2.09. The van der Waals surface area contributed by atoms with Crippen molar-refractivity contribution in [3.05, 3.63) is 48.3 Å². The van der Waals surface area contributed by atoms with Crippen LogP contribution in [0.2, 0.25) is 0 Å². The zero-order valence-corrected chi connectivity index (χ0v) is 9.73. The van der Waals surface area contributed by atoms with Crippen LogP contribution in [0, 0.1) is 11.7 Å². The predicted octanol–water partition coefficient (Wildman–Crippen LogP) is 2.40. The van der Waals surface area contributed by atoms with Crippen molar-refractivity contribution < 1.29 is 9.18 Å². The van der Waals surface area contributed by atoms with Gasteiger partial charge in [0.15, 0.2) is 0 Å². The van der Waals surface area contributed by atoms with Gasteiger partial charge in [-0.3, -0.25) is 4.79 Å². The summed E-state index contributed by atoms with van der Waals surface area (Å²) in [7, 11) is 0. The Balaban J connectivity index is 1.88. The zero-order chi connectivity index (χ0) is 12.3. The summed E-state index contributed by atoms with van der Waals surface area (Å²) in [5.41, 5.74) is 1.06. The predicted molar refractivity (Wildman–Crippen MR) is 65.0 cm³/mol. The van der Waals surface area contributed by atoms with Gasteiger partial charge in [-0.15, -0.1) is 6.58 Å². The van der Waals surface area contributed by atoms with E-state index in [1.54, 1.807) is 12.1 Å². The van der Waals surface area contributed by atoms with Crippen LogP contribution in [-0.2, 0) is 11.2 Å². The molecule has 2 nitrogen and oxygen atoms in total. The van der Waals surface area contributed by atoms with Crippen LogP contribution in [0.25, 0.3) is 0 Å². The Morgan fingerprint density at radius 1 is 1.41 bits per heavy atom. The van der Waals surface area contributed by atoms with Crippen molar-refractivity contribution in [1.29, 1.82) is 0 Å². The molecule has 0 N–H and O–H groups in total. The van der Waals surface area contributed by atoms with Gasteiger partial charge < -0.3 is 4.90 Å². The Kier molecular flexibility index (Phi) is 3.57. The summed E-state index contributed by atoms with van der Waals surface area (Å²) < 4.78 is 12.7. The van der Waals surface area contributed by atoms with E-state index in [2.05, 4.69) is 6.58 Å². The van der Waals surface area contributed by atoms with Crippen molar-refractivity contribution in [2.75, 3.05) is 13.1 Å². The summed E-state index contributed by atoms with van der Waals surface area (Å²) in [5, 5.41) is 0. The molecule has 1 saturated heterocycles. The second kappa shape index (κ2) is 5.13. The first kappa shape index (κ1) is 11.8. The number of likely N-dealkylation sites (tertiary alicyclic amines) is 1. The van der Waals surface area contributed by atoms with Crippen molar-refractivity contribution in [2.45, 2.75) is 12.8 Å². The van der Waals surface area contributed by atoms with E-state index in [9.17, 15) is 9.18 Å². The first-order valence-corrected chi connectivity index (χ1v) is 5.84. The molecule has 0 aliphatic carbocycles. The van der Waals surface area contributed by atoms with Gasteiger partial charge >= 0.3 is 0 Å². The lowest BCUT2D eigenvalue weighted by molar-refractivity contribution is -0.127. The Morgan fingerprint density at radius 2 is 2.12 bits per heavy atom. The summed E-state index contributed by atoms with van der Waals surface area (Å²) in [6.45, 7) is 5.19. The molecule has 1 aliphatic heterocycles. The molecule has 1 amide bonds. The maximum Gasteiger partial charge on any atom is 0.223 e. The molecule has 0 spiro atoms. The molecule has 1 unspecified atom stereocenters. The minimum atomic E-state index is -0.224. The van der Waals surface area contributed by atoms with Crippen molar-refractivity contribution in [1.82, 2.24) is 4.90 Å². The van der Waals surface area contributed by atoms with E-state index in [0.29, 0.717) is 13.0 Å². The maximum atomic E-state index is 12.7. The Labute approximate surface area is 101 Å². The Bertz CT molecular complexity index is 413. The number of hydrogen-bond acceptors (Lipinski definition) is 1. The van der Waals surface area contributed by atoms with E-state index >= 15 is 0 Å². The van der Waals surface area contributed by atoms with Crippen LogP contribution in [-0.4, -0.2) is 23.9 Å². The number of benzene rings is 1. The van der Waals surface area contributed by atoms with Crippen molar-refractivity contribution in [3.63, 3.8) is 0 Å². The minimum absolute atomic E-state index is 0.192. The summed E-state index contributed by atoms with van der Waals surface area (Å²) in [5.74, 6) is 0.255. The molecule has 1 aromatic rings. The summed E-state index contributed by atoms with van der Waals surface area (Å²) in [6.07, 6.45) is 3.19. The summed E-state index contributed by atoms with van der Waals surface area (Å²) in [6, 6.07) is 6.43. The zero-order valence-electron chi connectivity index (χ0n) is 9.73. The lowest BCUT2D eigenvalue weighted by Gasteiger charge is -2.15. The third kappa shape index (κ3) is 2.93. The van der Waals surface area contributed by atoms with Crippen molar-refractivity contribution in [3.8, 4) is 0 Å². The molecular weight excluding hydrogens is 217 g/mol. The van der Waals surface area contributed by atoms with Gasteiger partial charge in [0.25, 0.3) is 0 Å². The molecule has 1 aromatic carbocycles. The van der Waals surface area contributed by atoms with Gasteiger partial charge in [0.2, 0.25) is 5.91 Å². The topological polar surface area (TPSA) is 20.3 Å². The van der Waals surface area contributed by atoms with E-state index in [1.807, 2.05) is 11.0 Å². The molecule has 3 heteroatoms. The molecule has 0 bridgehead atoms. The second-order valence-corrected chi connectivity index (χ2v) is 4.42. The maximum absolute atomic E-state index is 12.7. The molecular formula is C14H16FNO. The van der Waals surface area contributed by atoms with Gasteiger partial charge in [-0.25, -0.2) is 4.39 Å². The molecule has 1 fully saturated rings. The molecule has 1 atom stereocenters. The molecule has 0 aromatic heterocycles. The quantitative estimate of drug-likeness (QED) is 0.731. The van der Waals surface area contributed by atoms with E-state index in [4.69, 9.17) is 0 Å². The molecule has 0 radical (unpaired) electrons. The highest BCUT2D eigenvalue weighted by molar-refractivity contribution is 5.78. The van der Waals surface area contributed by atoms with Gasteiger partial charge in [-0.05, 0) is 24.1 Å². The van der Waals surface area contributed by atoms with Gasteiger partial charge in [-0.1, -0.05) is 18.2 Å². The number of rotatable bonds is 4. The second-order valence-electron chi connectivity index (χ2n) is 4.42. The van der Waals surface area contributed by atoms with Crippen LogP contribution >= 0.6 is 0 Å². The van der Waals surface area contributed by atoms with E-state index in [1.165, 1.54) is 12.1 Å². The first-order valence-electron chi connectivity index (χ1n) is 5.84. The average Bonchev–Trinajstić information content (AvgIpc) is 2.69. The summed E-state index contributed by atoms with van der Waals surface area (Å²) in [4.78, 5) is 13.5. The minimum Gasteiger partial charge on any atom is -0.342 e. The van der Waals surface area contributed by atoms with Gasteiger partial charge in [0.05, 0.1) is 0 Å². The van der Waals surface area contributed by atoms with Gasteiger partial charge in [-0.2, -0.15) is 0 Å². The van der Waals surface area contributed by atoms with Gasteiger partial charge in [0.1, 0.15) is 5.82 Å². The van der Waals surface area contributed by atoms with Crippen LogP contribution in [0.15, 0.2) is 36.9 Å². The fourth-order valence-corrected chi connectivity index (χ4v) is 2.09. The lowest BCUT2D eigenvalue weighted by atomic mass is 10.1. The Morgan fingerprint density at radius 3 is 2.71 bits per heavy atom. The van der Waals surface area contributed by atoms with Crippen LogP contribution in [0.5, 0.6) is 0 Å². The van der Waals surface area contributed by atoms with Gasteiger partial charge in [0, 0.05) is 25.4 Å². The molecule has 0 saturated carbocycles. The standard InChI is InChI=1S/C14H16FNO/c1-2-11-9-14(17)16(10-11)8-7-12-3-5-13(15)6-4-12/h2-6,11H,1,7-10H2. The fraction of sp³-hybridized carbons (Fsp3) is 0.357. The number of halogens is 1. The number of amides is 1. The highest BCUT2D eigenvalue weighted by Gasteiger charge is 2.26. The van der Waals surface area contributed by atoms with E-state index in [-0.39, 0.29) is 17.6 Å². The normalized spacial score (nSPS) is 19.7. The SMILES string of the molecule is C=CC1CC(=O)N(CCc2ccc(F)cc2)C1. The summed E-state index contributed by atoms with van der Waals surface area (Å²) >= 11 is 0. The van der Waals surface area contributed by atoms with E-state index < -0.39 is 0 Å². The number of carbonyl (C=O) groups is 1. The third-order valence-corrected chi connectivity index (χ3v) is 3.16. The lowest BCUT2D eigenvalue weighted by Crippen LogP contribution is -2.27. The van der Waals surface area contributed by atoms with Crippen LogP contribution in [0.1, 0.15) is 12.0 Å².